The van der Waals surface area contributed by atoms with Gasteiger partial charge in [0.2, 0.25) is 0 Å². The fourth-order valence-corrected chi connectivity index (χ4v) is 2.15. The Hall–Kier alpha value is -1.42. The number of nitrogens with zero attached hydrogens (tertiary/aromatic N) is 1. The molecule has 0 bridgehead atoms. The van der Waals surface area contributed by atoms with Gasteiger partial charge in [-0.3, -0.25) is 0 Å². The smallest absolute Gasteiger partial charge is 0.149 e. The van der Waals surface area contributed by atoms with E-state index in [1.165, 1.54) is 0 Å². The normalized spacial score (nSPS) is 12.4. The molecule has 1 aromatic carbocycles. The number of halogens is 1. The molecule has 0 radical (unpaired) electrons. The quantitative estimate of drug-likeness (QED) is 0.877. The van der Waals surface area contributed by atoms with Gasteiger partial charge >= 0.3 is 0 Å². The molecule has 2 aromatic rings. The molecule has 1 unspecified atom stereocenters. The fraction of sp³-hybridized carbons (Fsp3) is 0.250. The summed E-state index contributed by atoms with van der Waals surface area (Å²) in [6.07, 6.45) is 1.75. The zero-order chi connectivity index (χ0) is 11.5. The van der Waals surface area contributed by atoms with Gasteiger partial charge in [-0.1, -0.05) is 12.1 Å². The first kappa shape index (κ1) is 11.1. The van der Waals surface area contributed by atoms with Gasteiger partial charge in [-0.2, -0.15) is 0 Å². The van der Waals surface area contributed by atoms with Crippen LogP contribution in [0, 0.1) is 12.7 Å². The summed E-state index contributed by atoms with van der Waals surface area (Å²) in [5, 5.41) is 6.00. The van der Waals surface area contributed by atoms with Gasteiger partial charge in [0.25, 0.3) is 0 Å². The van der Waals surface area contributed by atoms with Crippen molar-refractivity contribution in [2.24, 2.45) is 0 Å². The molecule has 84 valence electrons. The zero-order valence-electron chi connectivity index (χ0n) is 9.20. The van der Waals surface area contributed by atoms with Crippen LogP contribution in [-0.2, 0) is 0 Å². The fourth-order valence-electron chi connectivity index (χ4n) is 1.50. The van der Waals surface area contributed by atoms with E-state index >= 15 is 0 Å². The minimum absolute atomic E-state index is 0.0244. The standard InChI is InChI=1S/C12H13FN2S/c1-8-4-3-5-10(11(8)13)15-9(2)12-14-6-7-16-12/h3-7,9,15H,1-2H3. The zero-order valence-corrected chi connectivity index (χ0v) is 10.0. The molecule has 0 aliphatic carbocycles. The molecule has 0 amide bonds. The highest BCUT2D eigenvalue weighted by molar-refractivity contribution is 7.09. The Labute approximate surface area is 98.2 Å². The number of hydrogen-bond acceptors (Lipinski definition) is 3. The molecule has 0 spiro atoms. The van der Waals surface area contributed by atoms with Crippen LogP contribution in [-0.4, -0.2) is 4.98 Å². The molecule has 2 rings (SSSR count). The second-order valence-corrected chi connectivity index (χ2v) is 4.60. The number of benzene rings is 1. The average molecular weight is 236 g/mol. The van der Waals surface area contributed by atoms with Crippen LogP contribution >= 0.6 is 11.3 Å². The summed E-state index contributed by atoms with van der Waals surface area (Å²) in [5.74, 6) is -0.189. The molecule has 0 saturated heterocycles. The van der Waals surface area contributed by atoms with E-state index in [2.05, 4.69) is 10.3 Å². The number of rotatable bonds is 3. The molecule has 0 saturated carbocycles. The Morgan fingerprint density at radius 2 is 2.25 bits per heavy atom. The topological polar surface area (TPSA) is 24.9 Å². The lowest BCUT2D eigenvalue weighted by molar-refractivity contribution is 0.618. The number of nitrogens with one attached hydrogen (secondary N) is 1. The van der Waals surface area contributed by atoms with Crippen LogP contribution in [0.1, 0.15) is 23.5 Å². The number of hydrogen-bond donors (Lipinski definition) is 1. The number of thiazole rings is 1. The van der Waals surface area contributed by atoms with Gasteiger partial charge in [-0.15, -0.1) is 11.3 Å². The van der Waals surface area contributed by atoms with Gasteiger partial charge in [0.1, 0.15) is 10.8 Å². The molecule has 2 nitrogen and oxygen atoms in total. The van der Waals surface area contributed by atoms with E-state index in [-0.39, 0.29) is 11.9 Å². The highest BCUT2D eigenvalue weighted by atomic mass is 32.1. The second-order valence-electron chi connectivity index (χ2n) is 3.67. The average Bonchev–Trinajstić information content (AvgIpc) is 2.78. The third kappa shape index (κ3) is 2.22. The largest absolute Gasteiger partial charge is 0.374 e. The molecule has 1 atom stereocenters. The summed E-state index contributed by atoms with van der Waals surface area (Å²) in [7, 11) is 0. The summed E-state index contributed by atoms with van der Waals surface area (Å²) in [6.45, 7) is 3.73. The maximum absolute atomic E-state index is 13.7. The molecule has 0 aliphatic rings. The molecule has 1 N–H and O–H groups in total. The van der Waals surface area contributed by atoms with E-state index in [0.717, 1.165) is 5.01 Å². The molecular formula is C12H13FN2S. The lowest BCUT2D eigenvalue weighted by Gasteiger charge is -2.14. The summed E-state index contributed by atoms with van der Waals surface area (Å²) >= 11 is 1.56. The first-order valence-corrected chi connectivity index (χ1v) is 5.97. The Balaban J connectivity index is 2.18. The van der Waals surface area contributed by atoms with Crippen LogP contribution in [0.25, 0.3) is 0 Å². The van der Waals surface area contributed by atoms with Crippen molar-refractivity contribution < 1.29 is 4.39 Å². The van der Waals surface area contributed by atoms with E-state index in [4.69, 9.17) is 0 Å². The van der Waals surface area contributed by atoms with Crippen molar-refractivity contribution in [2.45, 2.75) is 19.9 Å². The number of aromatic nitrogens is 1. The third-order valence-electron chi connectivity index (χ3n) is 2.39. The van der Waals surface area contributed by atoms with Crippen molar-refractivity contribution >= 4 is 17.0 Å². The summed E-state index contributed by atoms with van der Waals surface area (Å²) in [5.41, 5.74) is 1.18. The van der Waals surface area contributed by atoms with Gasteiger partial charge < -0.3 is 5.32 Å². The molecule has 1 heterocycles. The van der Waals surface area contributed by atoms with Gasteiger partial charge in [-0.25, -0.2) is 9.37 Å². The van der Waals surface area contributed by atoms with Crippen LogP contribution in [0.15, 0.2) is 29.8 Å². The minimum atomic E-state index is -0.189. The number of aryl methyl sites for hydroxylation is 1. The van der Waals surface area contributed by atoms with Crippen LogP contribution in [0.5, 0.6) is 0 Å². The lowest BCUT2D eigenvalue weighted by atomic mass is 10.2. The highest BCUT2D eigenvalue weighted by Crippen LogP contribution is 2.24. The van der Waals surface area contributed by atoms with Crippen molar-refractivity contribution in [1.29, 1.82) is 0 Å². The number of anilines is 1. The highest BCUT2D eigenvalue weighted by Gasteiger charge is 2.11. The molecule has 0 aliphatic heterocycles. The van der Waals surface area contributed by atoms with Gasteiger partial charge in [0, 0.05) is 11.6 Å². The van der Waals surface area contributed by atoms with E-state index in [9.17, 15) is 4.39 Å². The predicted molar refractivity (Wildman–Crippen MR) is 65.3 cm³/mol. The van der Waals surface area contributed by atoms with Crippen LogP contribution in [0.2, 0.25) is 0 Å². The first-order chi connectivity index (χ1) is 7.68. The Bertz CT molecular complexity index is 468. The molecule has 0 fully saturated rings. The predicted octanol–water partition coefficient (Wildman–Crippen LogP) is 3.76. The van der Waals surface area contributed by atoms with Crippen molar-refractivity contribution in [3.05, 3.63) is 46.2 Å². The van der Waals surface area contributed by atoms with Gasteiger partial charge in [-0.05, 0) is 25.5 Å². The third-order valence-corrected chi connectivity index (χ3v) is 3.34. The van der Waals surface area contributed by atoms with Crippen LogP contribution < -0.4 is 5.32 Å². The molecule has 4 heteroatoms. The molecule has 1 aromatic heterocycles. The monoisotopic (exact) mass is 236 g/mol. The van der Waals surface area contributed by atoms with Gasteiger partial charge in [0.05, 0.1) is 11.7 Å². The van der Waals surface area contributed by atoms with Crippen molar-refractivity contribution in [3.63, 3.8) is 0 Å². The van der Waals surface area contributed by atoms with E-state index in [0.29, 0.717) is 11.3 Å². The molecular weight excluding hydrogens is 223 g/mol. The SMILES string of the molecule is Cc1cccc(NC(C)c2nccs2)c1F. The second kappa shape index (κ2) is 4.61. The molecule has 16 heavy (non-hydrogen) atoms. The van der Waals surface area contributed by atoms with E-state index < -0.39 is 0 Å². The van der Waals surface area contributed by atoms with Crippen molar-refractivity contribution in [1.82, 2.24) is 4.98 Å². The van der Waals surface area contributed by atoms with E-state index in [1.807, 2.05) is 18.4 Å². The Morgan fingerprint density at radius 3 is 2.94 bits per heavy atom. The van der Waals surface area contributed by atoms with Gasteiger partial charge in [0.15, 0.2) is 0 Å². The summed E-state index contributed by atoms with van der Waals surface area (Å²) in [6, 6.07) is 5.37. The van der Waals surface area contributed by atoms with Crippen LogP contribution in [0.3, 0.4) is 0 Å². The van der Waals surface area contributed by atoms with Crippen molar-refractivity contribution in [2.75, 3.05) is 5.32 Å². The maximum Gasteiger partial charge on any atom is 0.149 e. The lowest BCUT2D eigenvalue weighted by Crippen LogP contribution is -2.08. The van der Waals surface area contributed by atoms with E-state index in [1.54, 1.807) is 36.6 Å². The first-order valence-electron chi connectivity index (χ1n) is 5.09. The Morgan fingerprint density at radius 1 is 1.44 bits per heavy atom. The summed E-state index contributed by atoms with van der Waals surface area (Å²) < 4.78 is 13.7. The Kier molecular flexibility index (Phi) is 3.19. The van der Waals surface area contributed by atoms with Crippen molar-refractivity contribution in [3.8, 4) is 0 Å². The minimum Gasteiger partial charge on any atom is -0.374 e. The maximum atomic E-state index is 13.7. The summed E-state index contributed by atoms with van der Waals surface area (Å²) in [4.78, 5) is 4.20. The van der Waals surface area contributed by atoms with Crippen LogP contribution in [0.4, 0.5) is 10.1 Å².